The topological polar surface area (TPSA) is 65.1 Å². The number of phenolic OH excluding ortho intramolecular Hbond substituents is 1. The Hall–Kier alpha value is -3.27. The molecule has 0 aliphatic carbocycles. The van der Waals surface area contributed by atoms with Crippen LogP contribution in [0.5, 0.6) is 5.75 Å². The molecule has 3 aromatic rings. The van der Waals surface area contributed by atoms with Crippen LogP contribution >= 0.6 is 0 Å². The molecule has 0 saturated heterocycles. The van der Waals surface area contributed by atoms with Gasteiger partial charge in [-0.1, -0.05) is 18.2 Å². The third kappa shape index (κ3) is 2.38. The molecule has 2 heterocycles. The molecule has 0 radical (unpaired) electrons. The fourth-order valence-electron chi connectivity index (χ4n) is 3.07. The number of phenols is 1. The molecule has 1 aliphatic heterocycles. The number of aromatic hydroxyl groups is 1. The Balaban J connectivity index is 1.78. The van der Waals surface area contributed by atoms with Gasteiger partial charge in [0.2, 0.25) is 0 Å². The van der Waals surface area contributed by atoms with Gasteiger partial charge in [0.15, 0.2) is 0 Å². The lowest BCUT2D eigenvalue weighted by molar-refractivity contribution is -0.110. The molecule has 2 aromatic carbocycles. The number of benzene rings is 2. The number of fused-ring (bicyclic) bond motifs is 1. The van der Waals surface area contributed by atoms with Gasteiger partial charge in [-0.05, 0) is 60.0 Å². The van der Waals surface area contributed by atoms with Gasteiger partial charge in [-0.3, -0.25) is 4.79 Å². The molecule has 3 N–H and O–H groups in total. The van der Waals surface area contributed by atoms with Crippen molar-refractivity contribution in [3.8, 4) is 16.9 Å². The number of hydrogen-bond acceptors (Lipinski definition) is 2. The van der Waals surface area contributed by atoms with Crippen LogP contribution in [0.4, 0.5) is 5.69 Å². The highest BCUT2D eigenvalue weighted by Gasteiger charge is 2.24. The van der Waals surface area contributed by atoms with Gasteiger partial charge in [-0.25, -0.2) is 0 Å². The molecule has 118 valence electrons. The van der Waals surface area contributed by atoms with Crippen LogP contribution in [-0.2, 0) is 4.79 Å². The normalized spacial score (nSPS) is 14.7. The van der Waals surface area contributed by atoms with Gasteiger partial charge in [0.25, 0.3) is 5.91 Å². The van der Waals surface area contributed by atoms with E-state index in [-0.39, 0.29) is 11.7 Å². The van der Waals surface area contributed by atoms with Crippen LogP contribution in [0.3, 0.4) is 0 Å². The quantitative estimate of drug-likeness (QED) is 0.621. The van der Waals surface area contributed by atoms with E-state index in [1.807, 2.05) is 55.6 Å². The highest BCUT2D eigenvalue weighted by atomic mass is 16.3. The van der Waals surface area contributed by atoms with Crippen molar-refractivity contribution in [2.45, 2.75) is 6.92 Å². The van der Waals surface area contributed by atoms with Crippen LogP contribution in [0.25, 0.3) is 22.8 Å². The third-order valence-electron chi connectivity index (χ3n) is 4.25. The van der Waals surface area contributed by atoms with Crippen LogP contribution in [0.2, 0.25) is 0 Å². The Labute approximate surface area is 139 Å². The van der Waals surface area contributed by atoms with E-state index in [0.29, 0.717) is 5.57 Å². The number of aromatic amines is 1. The molecule has 4 rings (SSSR count). The van der Waals surface area contributed by atoms with Crippen molar-refractivity contribution >= 4 is 23.2 Å². The summed E-state index contributed by atoms with van der Waals surface area (Å²) in [6.45, 7) is 1.96. The molecular formula is C20H16N2O2. The molecule has 0 bridgehead atoms. The van der Waals surface area contributed by atoms with Crippen molar-refractivity contribution in [2.75, 3.05) is 5.32 Å². The molecule has 0 saturated carbocycles. The zero-order chi connectivity index (χ0) is 16.7. The second-order valence-corrected chi connectivity index (χ2v) is 5.90. The van der Waals surface area contributed by atoms with E-state index in [9.17, 15) is 9.90 Å². The largest absolute Gasteiger partial charge is 0.508 e. The highest BCUT2D eigenvalue weighted by Crippen LogP contribution is 2.37. The zero-order valence-corrected chi connectivity index (χ0v) is 13.1. The van der Waals surface area contributed by atoms with E-state index in [2.05, 4.69) is 10.3 Å². The maximum Gasteiger partial charge on any atom is 0.256 e. The van der Waals surface area contributed by atoms with Gasteiger partial charge in [-0.15, -0.1) is 0 Å². The maximum absolute atomic E-state index is 12.3. The van der Waals surface area contributed by atoms with Crippen molar-refractivity contribution in [1.29, 1.82) is 0 Å². The summed E-state index contributed by atoms with van der Waals surface area (Å²) in [6.07, 6.45) is 3.68. The number of aryl methyl sites for hydroxylation is 1. The summed E-state index contributed by atoms with van der Waals surface area (Å²) in [5.41, 5.74) is 6.28. The lowest BCUT2D eigenvalue weighted by Gasteiger charge is -2.08. The summed E-state index contributed by atoms with van der Waals surface area (Å²) in [4.78, 5) is 15.4. The summed E-state index contributed by atoms with van der Waals surface area (Å²) < 4.78 is 0. The van der Waals surface area contributed by atoms with Crippen molar-refractivity contribution in [3.05, 3.63) is 71.5 Å². The van der Waals surface area contributed by atoms with E-state index >= 15 is 0 Å². The zero-order valence-electron chi connectivity index (χ0n) is 13.1. The van der Waals surface area contributed by atoms with Crippen LogP contribution in [-0.4, -0.2) is 16.0 Å². The van der Waals surface area contributed by atoms with E-state index in [1.165, 1.54) is 0 Å². The van der Waals surface area contributed by atoms with Crippen molar-refractivity contribution < 1.29 is 9.90 Å². The maximum atomic E-state index is 12.3. The second-order valence-electron chi connectivity index (χ2n) is 5.90. The monoisotopic (exact) mass is 316 g/mol. The predicted molar refractivity (Wildman–Crippen MR) is 95.6 cm³/mol. The second kappa shape index (κ2) is 5.42. The predicted octanol–water partition coefficient (Wildman–Crippen LogP) is 4.19. The average molecular weight is 316 g/mol. The number of H-pyrrole nitrogens is 1. The molecule has 4 heteroatoms. The molecule has 0 unspecified atom stereocenters. The number of aromatic nitrogens is 1. The number of anilines is 1. The van der Waals surface area contributed by atoms with Gasteiger partial charge in [0.05, 0.1) is 5.57 Å². The smallest absolute Gasteiger partial charge is 0.256 e. The first-order chi connectivity index (χ1) is 11.6. The van der Waals surface area contributed by atoms with E-state index in [0.717, 1.165) is 33.6 Å². The minimum absolute atomic E-state index is 0.0980. The van der Waals surface area contributed by atoms with Gasteiger partial charge in [-0.2, -0.15) is 0 Å². The van der Waals surface area contributed by atoms with Gasteiger partial charge in [0, 0.05) is 23.1 Å². The number of rotatable bonds is 2. The number of carbonyl (C=O) groups is 1. The van der Waals surface area contributed by atoms with E-state index < -0.39 is 0 Å². The SMILES string of the molecule is Cc1cc(O)ccc1-c1ccc2c(c1)NC(=O)/C2=C/c1ccc[nH]1. The van der Waals surface area contributed by atoms with Crippen molar-refractivity contribution in [1.82, 2.24) is 4.98 Å². The Bertz CT molecular complexity index is 969. The minimum Gasteiger partial charge on any atom is -0.508 e. The first-order valence-corrected chi connectivity index (χ1v) is 7.73. The fourth-order valence-corrected chi connectivity index (χ4v) is 3.07. The standard InChI is InChI=1S/C20H16N2O2/c1-12-9-15(23)5-7-16(12)13-4-6-17-18(11-14-3-2-8-21-14)20(24)22-19(17)10-13/h2-11,21,23H,1H3,(H,22,24)/b18-11+. The Morgan fingerprint density at radius 3 is 2.62 bits per heavy atom. The molecule has 4 nitrogen and oxygen atoms in total. The molecule has 0 spiro atoms. The highest BCUT2D eigenvalue weighted by molar-refractivity contribution is 6.35. The average Bonchev–Trinajstić information content (AvgIpc) is 3.16. The minimum atomic E-state index is -0.0980. The first kappa shape index (κ1) is 14.3. The van der Waals surface area contributed by atoms with Gasteiger partial charge < -0.3 is 15.4 Å². The third-order valence-corrected chi connectivity index (χ3v) is 4.25. The summed E-state index contributed by atoms with van der Waals surface area (Å²) in [6, 6.07) is 15.1. The molecule has 1 amide bonds. The summed E-state index contributed by atoms with van der Waals surface area (Å²) in [5, 5.41) is 12.5. The Kier molecular flexibility index (Phi) is 3.24. The number of amides is 1. The summed E-state index contributed by atoms with van der Waals surface area (Å²) in [5.74, 6) is 0.154. The molecular weight excluding hydrogens is 300 g/mol. The van der Waals surface area contributed by atoms with Gasteiger partial charge in [0.1, 0.15) is 5.75 Å². The number of hydrogen-bond donors (Lipinski definition) is 3. The van der Waals surface area contributed by atoms with Gasteiger partial charge >= 0.3 is 0 Å². The van der Waals surface area contributed by atoms with Crippen LogP contribution < -0.4 is 5.32 Å². The molecule has 1 aliphatic rings. The number of nitrogens with one attached hydrogen (secondary N) is 2. The van der Waals surface area contributed by atoms with E-state index in [1.54, 1.807) is 12.1 Å². The molecule has 0 fully saturated rings. The Morgan fingerprint density at radius 1 is 1.04 bits per heavy atom. The summed E-state index contributed by atoms with van der Waals surface area (Å²) >= 11 is 0. The molecule has 1 aromatic heterocycles. The fraction of sp³-hybridized carbons (Fsp3) is 0.0500. The number of carbonyl (C=O) groups excluding carboxylic acids is 1. The lowest BCUT2D eigenvalue weighted by atomic mass is 9.97. The van der Waals surface area contributed by atoms with Crippen LogP contribution in [0, 0.1) is 6.92 Å². The van der Waals surface area contributed by atoms with Crippen LogP contribution in [0.1, 0.15) is 16.8 Å². The Morgan fingerprint density at radius 2 is 1.88 bits per heavy atom. The van der Waals surface area contributed by atoms with E-state index in [4.69, 9.17) is 0 Å². The van der Waals surface area contributed by atoms with Crippen molar-refractivity contribution in [3.63, 3.8) is 0 Å². The van der Waals surface area contributed by atoms with Crippen molar-refractivity contribution in [2.24, 2.45) is 0 Å². The molecule has 24 heavy (non-hydrogen) atoms. The first-order valence-electron chi connectivity index (χ1n) is 7.73. The van der Waals surface area contributed by atoms with Crippen LogP contribution in [0.15, 0.2) is 54.7 Å². The lowest BCUT2D eigenvalue weighted by Crippen LogP contribution is -2.03. The summed E-state index contributed by atoms with van der Waals surface area (Å²) in [7, 11) is 0. The molecule has 0 atom stereocenters.